The lowest BCUT2D eigenvalue weighted by Crippen LogP contribution is -2.39. The molecular weight excluding hydrogens is 258 g/mol. The summed E-state index contributed by atoms with van der Waals surface area (Å²) in [7, 11) is 1.97. The lowest BCUT2D eigenvalue weighted by Gasteiger charge is -2.39. The Balaban J connectivity index is 2.00. The normalized spacial score (nSPS) is 18.1. The smallest absolute Gasteiger partial charge is 0.0568 e. The molecule has 0 unspecified atom stereocenters. The Morgan fingerprint density at radius 1 is 1.29 bits per heavy atom. The zero-order valence-corrected chi connectivity index (χ0v) is 13.5. The fourth-order valence-electron chi connectivity index (χ4n) is 3.29. The van der Waals surface area contributed by atoms with E-state index < -0.39 is 0 Å². The Bertz CT molecular complexity index is 627. The number of nitrogens with zero attached hydrogens (tertiary/aromatic N) is 3. The maximum absolute atomic E-state index is 4.29. The van der Waals surface area contributed by atoms with E-state index in [0.29, 0.717) is 6.04 Å². The Kier molecular flexibility index (Phi) is 3.75. The molecule has 1 aliphatic heterocycles. The molecule has 0 radical (unpaired) electrons. The van der Waals surface area contributed by atoms with E-state index in [0.717, 1.165) is 5.92 Å². The van der Waals surface area contributed by atoms with E-state index in [9.17, 15) is 0 Å². The molecule has 0 fully saturated rings. The van der Waals surface area contributed by atoms with Gasteiger partial charge in [0, 0.05) is 37.1 Å². The highest BCUT2D eigenvalue weighted by Crippen LogP contribution is 2.35. The first kappa shape index (κ1) is 14.2. The van der Waals surface area contributed by atoms with Gasteiger partial charge in [-0.3, -0.25) is 4.68 Å². The van der Waals surface area contributed by atoms with Crippen LogP contribution in [-0.4, -0.2) is 22.4 Å². The predicted molar refractivity (Wildman–Crippen MR) is 88.6 cm³/mol. The summed E-state index contributed by atoms with van der Waals surface area (Å²) >= 11 is 0. The van der Waals surface area contributed by atoms with Crippen molar-refractivity contribution in [2.24, 2.45) is 13.0 Å². The quantitative estimate of drug-likeness (QED) is 0.852. The first-order valence-corrected chi connectivity index (χ1v) is 7.97. The summed E-state index contributed by atoms with van der Waals surface area (Å²) in [6, 6.07) is 7.45. The van der Waals surface area contributed by atoms with Gasteiger partial charge in [0.05, 0.1) is 6.20 Å². The van der Waals surface area contributed by atoms with Crippen LogP contribution in [-0.2, 0) is 13.5 Å². The molecule has 2 heterocycles. The molecule has 3 nitrogen and oxygen atoms in total. The lowest BCUT2D eigenvalue weighted by atomic mass is 9.88. The number of anilines is 1. The molecule has 2 aromatic rings. The predicted octanol–water partition coefficient (Wildman–Crippen LogP) is 3.88. The van der Waals surface area contributed by atoms with E-state index in [1.807, 2.05) is 17.9 Å². The third-order valence-electron chi connectivity index (χ3n) is 4.59. The van der Waals surface area contributed by atoms with Crippen molar-refractivity contribution < 1.29 is 0 Å². The Labute approximate surface area is 127 Å². The van der Waals surface area contributed by atoms with Crippen LogP contribution in [0.4, 0.5) is 5.69 Å². The minimum absolute atomic E-state index is 0.558. The standard InChI is InChI=1S/C18H25N3/c1-5-14-8-16-9-15(17-10-19-20(4)12-17)6-7-18(16)21(11-14)13(2)3/h6-7,9-10,12-14H,5,8,11H2,1-4H3/t14-/m1/s1. The van der Waals surface area contributed by atoms with Crippen LogP contribution in [0, 0.1) is 5.92 Å². The number of hydrogen-bond donors (Lipinski definition) is 0. The molecule has 1 aromatic carbocycles. The number of aryl methyl sites for hydroxylation is 1. The van der Waals surface area contributed by atoms with Crippen LogP contribution in [0.5, 0.6) is 0 Å². The summed E-state index contributed by atoms with van der Waals surface area (Å²) in [6.07, 6.45) is 6.48. The third-order valence-corrected chi connectivity index (χ3v) is 4.59. The van der Waals surface area contributed by atoms with Gasteiger partial charge in [-0.1, -0.05) is 19.4 Å². The molecule has 0 spiro atoms. The van der Waals surface area contributed by atoms with E-state index in [2.05, 4.69) is 55.2 Å². The molecule has 1 aromatic heterocycles. The maximum atomic E-state index is 4.29. The van der Waals surface area contributed by atoms with E-state index in [-0.39, 0.29) is 0 Å². The van der Waals surface area contributed by atoms with Gasteiger partial charge >= 0.3 is 0 Å². The molecular formula is C18H25N3. The molecule has 3 rings (SSSR count). The van der Waals surface area contributed by atoms with E-state index in [1.54, 1.807) is 0 Å². The molecule has 0 N–H and O–H groups in total. The number of fused-ring (bicyclic) bond motifs is 1. The molecule has 0 amide bonds. The van der Waals surface area contributed by atoms with Gasteiger partial charge in [0.25, 0.3) is 0 Å². The van der Waals surface area contributed by atoms with Crippen LogP contribution in [0.25, 0.3) is 11.1 Å². The van der Waals surface area contributed by atoms with E-state index in [4.69, 9.17) is 0 Å². The molecule has 1 aliphatic rings. The lowest BCUT2D eigenvalue weighted by molar-refractivity contribution is 0.458. The van der Waals surface area contributed by atoms with Crippen molar-refractivity contribution in [1.82, 2.24) is 9.78 Å². The summed E-state index contributed by atoms with van der Waals surface area (Å²) in [5.74, 6) is 0.768. The van der Waals surface area contributed by atoms with Crippen molar-refractivity contribution in [2.75, 3.05) is 11.4 Å². The summed E-state index contributed by atoms with van der Waals surface area (Å²) in [4.78, 5) is 2.56. The van der Waals surface area contributed by atoms with Gasteiger partial charge in [-0.15, -0.1) is 0 Å². The molecule has 21 heavy (non-hydrogen) atoms. The van der Waals surface area contributed by atoms with Crippen LogP contribution < -0.4 is 4.90 Å². The van der Waals surface area contributed by atoms with Crippen LogP contribution in [0.15, 0.2) is 30.6 Å². The first-order valence-electron chi connectivity index (χ1n) is 7.97. The van der Waals surface area contributed by atoms with Crippen molar-refractivity contribution in [3.63, 3.8) is 0 Å². The van der Waals surface area contributed by atoms with Crippen LogP contribution in [0.3, 0.4) is 0 Å². The van der Waals surface area contributed by atoms with Gasteiger partial charge in [-0.05, 0) is 49.4 Å². The number of hydrogen-bond acceptors (Lipinski definition) is 2. The van der Waals surface area contributed by atoms with Crippen molar-refractivity contribution >= 4 is 5.69 Å². The summed E-state index contributed by atoms with van der Waals surface area (Å²) < 4.78 is 1.87. The second-order valence-corrected chi connectivity index (χ2v) is 6.47. The topological polar surface area (TPSA) is 21.1 Å². The summed E-state index contributed by atoms with van der Waals surface area (Å²) in [5, 5.41) is 4.29. The molecule has 0 saturated carbocycles. The van der Waals surface area contributed by atoms with Gasteiger partial charge in [0.15, 0.2) is 0 Å². The molecule has 3 heteroatoms. The van der Waals surface area contributed by atoms with Gasteiger partial charge < -0.3 is 4.90 Å². The van der Waals surface area contributed by atoms with Gasteiger partial charge in [0.1, 0.15) is 0 Å². The minimum atomic E-state index is 0.558. The zero-order valence-electron chi connectivity index (χ0n) is 13.5. The van der Waals surface area contributed by atoms with Crippen LogP contribution >= 0.6 is 0 Å². The summed E-state index contributed by atoms with van der Waals surface area (Å²) in [6.45, 7) is 8.07. The van der Waals surface area contributed by atoms with E-state index >= 15 is 0 Å². The zero-order chi connectivity index (χ0) is 15.0. The first-order chi connectivity index (χ1) is 10.1. The average molecular weight is 283 g/mol. The van der Waals surface area contributed by atoms with Crippen LogP contribution in [0.1, 0.15) is 32.8 Å². The highest BCUT2D eigenvalue weighted by atomic mass is 15.2. The minimum Gasteiger partial charge on any atom is -0.369 e. The summed E-state index contributed by atoms with van der Waals surface area (Å²) in [5.41, 5.74) is 5.39. The Morgan fingerprint density at radius 2 is 2.10 bits per heavy atom. The maximum Gasteiger partial charge on any atom is 0.0568 e. The second kappa shape index (κ2) is 5.55. The Hall–Kier alpha value is -1.77. The molecule has 112 valence electrons. The van der Waals surface area contributed by atoms with Crippen molar-refractivity contribution in [3.8, 4) is 11.1 Å². The number of aromatic nitrogens is 2. The molecule has 0 bridgehead atoms. The molecule has 0 aliphatic carbocycles. The number of benzene rings is 1. The molecule has 1 atom stereocenters. The SMILES string of the molecule is CC[C@@H]1Cc2cc(-c3cnn(C)c3)ccc2N(C(C)C)C1. The van der Waals surface area contributed by atoms with Gasteiger partial charge in [0.2, 0.25) is 0 Å². The fourth-order valence-corrected chi connectivity index (χ4v) is 3.29. The second-order valence-electron chi connectivity index (χ2n) is 6.47. The number of rotatable bonds is 3. The molecule has 0 saturated heterocycles. The van der Waals surface area contributed by atoms with Crippen molar-refractivity contribution in [3.05, 3.63) is 36.2 Å². The fraction of sp³-hybridized carbons (Fsp3) is 0.500. The van der Waals surface area contributed by atoms with Gasteiger partial charge in [-0.25, -0.2) is 0 Å². The van der Waals surface area contributed by atoms with E-state index in [1.165, 1.54) is 41.8 Å². The largest absolute Gasteiger partial charge is 0.369 e. The Morgan fingerprint density at radius 3 is 2.71 bits per heavy atom. The van der Waals surface area contributed by atoms with Crippen molar-refractivity contribution in [1.29, 1.82) is 0 Å². The highest BCUT2D eigenvalue weighted by molar-refractivity contribution is 5.69. The average Bonchev–Trinajstić information content (AvgIpc) is 2.91. The highest BCUT2D eigenvalue weighted by Gasteiger charge is 2.25. The van der Waals surface area contributed by atoms with Crippen LogP contribution in [0.2, 0.25) is 0 Å². The monoisotopic (exact) mass is 283 g/mol. The van der Waals surface area contributed by atoms with Crippen molar-refractivity contribution in [2.45, 2.75) is 39.7 Å². The third kappa shape index (κ3) is 2.69. The van der Waals surface area contributed by atoms with Gasteiger partial charge in [-0.2, -0.15) is 5.10 Å².